The number of hydrogen-bond donors (Lipinski definition) is 2. The number of amides is 1. The van der Waals surface area contributed by atoms with Crippen molar-refractivity contribution in [2.45, 2.75) is 32.1 Å². The van der Waals surface area contributed by atoms with Gasteiger partial charge in [0.25, 0.3) is 0 Å². The van der Waals surface area contributed by atoms with Crippen LogP contribution >= 0.6 is 0 Å². The first-order valence-electron chi connectivity index (χ1n) is 9.64. The first kappa shape index (κ1) is 21.3. The van der Waals surface area contributed by atoms with Gasteiger partial charge in [-0.25, -0.2) is 0 Å². The summed E-state index contributed by atoms with van der Waals surface area (Å²) in [6.07, 6.45) is -3.48. The highest BCUT2D eigenvalue weighted by Gasteiger charge is 2.43. The maximum atomic E-state index is 12.9. The molecule has 3 rings (SSSR count). The second kappa shape index (κ2) is 8.97. The zero-order valence-corrected chi connectivity index (χ0v) is 16.1. The van der Waals surface area contributed by atoms with Crippen LogP contribution < -0.4 is 5.32 Å². The van der Waals surface area contributed by atoms with Gasteiger partial charge < -0.3 is 10.4 Å². The molecule has 2 aromatic rings. The molecule has 1 fully saturated rings. The third-order valence-electron chi connectivity index (χ3n) is 5.46. The van der Waals surface area contributed by atoms with Gasteiger partial charge in [-0.1, -0.05) is 42.5 Å². The summed E-state index contributed by atoms with van der Waals surface area (Å²) in [5, 5.41) is 12.3. The zero-order chi connectivity index (χ0) is 20.9. The van der Waals surface area contributed by atoms with Crippen molar-refractivity contribution in [3.8, 4) is 0 Å². The van der Waals surface area contributed by atoms with Gasteiger partial charge in [0, 0.05) is 26.2 Å². The van der Waals surface area contributed by atoms with E-state index in [0.717, 1.165) is 30.8 Å². The first-order valence-corrected chi connectivity index (χ1v) is 9.64. The van der Waals surface area contributed by atoms with Gasteiger partial charge in [0.05, 0.1) is 11.0 Å². The van der Waals surface area contributed by atoms with Crippen LogP contribution in [0.15, 0.2) is 54.6 Å². The van der Waals surface area contributed by atoms with E-state index in [1.807, 2.05) is 30.3 Å². The minimum atomic E-state index is -4.42. The second-order valence-electron chi connectivity index (χ2n) is 7.58. The predicted octanol–water partition coefficient (Wildman–Crippen LogP) is 3.60. The summed E-state index contributed by atoms with van der Waals surface area (Å²) >= 11 is 0. The Labute approximate surface area is 168 Å². The van der Waals surface area contributed by atoms with Crippen molar-refractivity contribution >= 4 is 5.91 Å². The lowest BCUT2D eigenvalue weighted by Crippen LogP contribution is -2.43. The molecule has 1 heterocycles. The molecule has 0 radical (unpaired) electrons. The largest absolute Gasteiger partial charge is 0.416 e. The fraction of sp³-hybridized carbons (Fsp3) is 0.409. The molecule has 0 bridgehead atoms. The van der Waals surface area contributed by atoms with Crippen LogP contribution in [0, 0.1) is 5.41 Å². The molecule has 1 unspecified atom stereocenters. The van der Waals surface area contributed by atoms with Crippen molar-refractivity contribution in [2.75, 3.05) is 19.7 Å². The molecule has 0 spiro atoms. The molecule has 2 aromatic carbocycles. The smallest absolute Gasteiger partial charge is 0.396 e. The Morgan fingerprint density at radius 3 is 2.52 bits per heavy atom. The highest BCUT2D eigenvalue weighted by Crippen LogP contribution is 2.35. The van der Waals surface area contributed by atoms with Crippen LogP contribution in [0.1, 0.15) is 29.5 Å². The summed E-state index contributed by atoms with van der Waals surface area (Å²) in [5.41, 5.74) is 0.0814. The second-order valence-corrected chi connectivity index (χ2v) is 7.58. The van der Waals surface area contributed by atoms with Crippen molar-refractivity contribution in [1.29, 1.82) is 0 Å². The number of nitrogens with one attached hydrogen (secondary N) is 1. The van der Waals surface area contributed by atoms with E-state index in [-0.39, 0.29) is 19.1 Å². The highest BCUT2D eigenvalue weighted by atomic mass is 19.4. The van der Waals surface area contributed by atoms with E-state index in [2.05, 4.69) is 10.2 Å². The maximum absolute atomic E-state index is 12.9. The van der Waals surface area contributed by atoms with E-state index in [9.17, 15) is 23.1 Å². The minimum absolute atomic E-state index is 0.0224. The summed E-state index contributed by atoms with van der Waals surface area (Å²) in [6.45, 7) is 1.86. The van der Waals surface area contributed by atoms with Crippen molar-refractivity contribution in [2.24, 2.45) is 5.41 Å². The highest BCUT2D eigenvalue weighted by molar-refractivity contribution is 5.83. The van der Waals surface area contributed by atoms with Gasteiger partial charge in [-0.3, -0.25) is 9.69 Å². The van der Waals surface area contributed by atoms with Crippen LogP contribution in [0.5, 0.6) is 0 Å². The zero-order valence-electron chi connectivity index (χ0n) is 16.1. The number of likely N-dealkylation sites (tertiary alicyclic amines) is 1. The number of carbonyl (C=O) groups is 1. The lowest BCUT2D eigenvalue weighted by molar-refractivity contribution is -0.137. The Bertz CT molecular complexity index is 826. The number of halogens is 3. The molecule has 0 saturated carbocycles. The van der Waals surface area contributed by atoms with Gasteiger partial charge in [0.1, 0.15) is 0 Å². The Hall–Kier alpha value is -2.38. The van der Waals surface area contributed by atoms with E-state index >= 15 is 0 Å². The molecule has 4 nitrogen and oxygen atoms in total. The number of aliphatic hydroxyl groups is 1. The fourth-order valence-corrected chi connectivity index (χ4v) is 3.88. The van der Waals surface area contributed by atoms with Crippen molar-refractivity contribution in [3.63, 3.8) is 0 Å². The van der Waals surface area contributed by atoms with Crippen molar-refractivity contribution in [3.05, 3.63) is 71.3 Å². The van der Waals surface area contributed by atoms with Gasteiger partial charge in [-0.05, 0) is 42.6 Å². The van der Waals surface area contributed by atoms with E-state index < -0.39 is 17.2 Å². The predicted molar refractivity (Wildman–Crippen MR) is 104 cm³/mol. The Kier molecular flexibility index (Phi) is 6.59. The van der Waals surface area contributed by atoms with Gasteiger partial charge in [0.15, 0.2) is 0 Å². The SMILES string of the molecule is O=C(NCc1cccc(C(F)(F)F)c1)C1(CCO)CCN(Cc2ccccc2)C1. The molecule has 156 valence electrons. The van der Waals surface area contributed by atoms with Crippen LogP contribution in [0.2, 0.25) is 0 Å². The summed E-state index contributed by atoms with van der Waals surface area (Å²) < 4.78 is 38.6. The van der Waals surface area contributed by atoms with E-state index in [0.29, 0.717) is 24.9 Å². The maximum Gasteiger partial charge on any atom is 0.416 e. The first-order chi connectivity index (χ1) is 13.8. The average molecular weight is 406 g/mol. The third kappa shape index (κ3) is 5.36. The van der Waals surface area contributed by atoms with Crippen LogP contribution in [0.25, 0.3) is 0 Å². The van der Waals surface area contributed by atoms with Crippen LogP contribution in [-0.2, 0) is 24.1 Å². The fourth-order valence-electron chi connectivity index (χ4n) is 3.88. The molecule has 2 N–H and O–H groups in total. The number of aliphatic hydroxyl groups excluding tert-OH is 1. The topological polar surface area (TPSA) is 52.6 Å². The molecule has 1 aliphatic rings. The minimum Gasteiger partial charge on any atom is -0.396 e. The van der Waals surface area contributed by atoms with Crippen LogP contribution in [0.4, 0.5) is 13.2 Å². The Balaban J connectivity index is 1.64. The summed E-state index contributed by atoms with van der Waals surface area (Å²) in [5.74, 6) is -0.223. The molecular weight excluding hydrogens is 381 g/mol. The van der Waals surface area contributed by atoms with Crippen molar-refractivity contribution < 1.29 is 23.1 Å². The molecule has 0 aliphatic carbocycles. The van der Waals surface area contributed by atoms with Crippen LogP contribution in [-0.4, -0.2) is 35.6 Å². The summed E-state index contributed by atoms with van der Waals surface area (Å²) in [6, 6.07) is 14.9. The van der Waals surface area contributed by atoms with Gasteiger partial charge in [-0.15, -0.1) is 0 Å². The lowest BCUT2D eigenvalue weighted by Gasteiger charge is -2.28. The molecular formula is C22H25F3N2O2. The van der Waals surface area contributed by atoms with Crippen molar-refractivity contribution in [1.82, 2.24) is 10.2 Å². The van der Waals surface area contributed by atoms with Gasteiger partial charge in [0.2, 0.25) is 5.91 Å². The monoisotopic (exact) mass is 406 g/mol. The number of hydrogen-bond acceptors (Lipinski definition) is 3. The number of nitrogens with zero attached hydrogens (tertiary/aromatic N) is 1. The normalized spacial score (nSPS) is 20.0. The molecule has 1 atom stereocenters. The molecule has 1 saturated heterocycles. The van der Waals surface area contributed by atoms with E-state index in [4.69, 9.17) is 0 Å². The molecule has 7 heteroatoms. The van der Waals surface area contributed by atoms with Crippen LogP contribution in [0.3, 0.4) is 0 Å². The molecule has 1 amide bonds. The molecule has 29 heavy (non-hydrogen) atoms. The summed E-state index contributed by atoms with van der Waals surface area (Å²) in [4.78, 5) is 15.1. The number of carbonyl (C=O) groups excluding carboxylic acids is 1. The molecule has 0 aromatic heterocycles. The number of benzene rings is 2. The summed E-state index contributed by atoms with van der Waals surface area (Å²) in [7, 11) is 0. The standard InChI is InChI=1S/C22H25F3N2O2/c23-22(24,25)19-8-4-7-18(13-19)14-26-20(29)21(10-12-28)9-11-27(16-21)15-17-5-2-1-3-6-17/h1-8,13,28H,9-12,14-16H2,(H,26,29). The van der Waals surface area contributed by atoms with E-state index in [1.165, 1.54) is 6.07 Å². The lowest BCUT2D eigenvalue weighted by atomic mass is 9.82. The Morgan fingerprint density at radius 1 is 1.10 bits per heavy atom. The third-order valence-corrected chi connectivity index (χ3v) is 5.46. The average Bonchev–Trinajstić information content (AvgIpc) is 3.10. The van der Waals surface area contributed by atoms with Gasteiger partial charge in [-0.2, -0.15) is 13.2 Å². The number of rotatable bonds is 7. The van der Waals surface area contributed by atoms with E-state index in [1.54, 1.807) is 6.07 Å². The Morgan fingerprint density at radius 2 is 1.83 bits per heavy atom. The molecule has 1 aliphatic heterocycles. The van der Waals surface area contributed by atoms with Gasteiger partial charge >= 0.3 is 6.18 Å². The number of alkyl halides is 3. The quantitative estimate of drug-likeness (QED) is 0.739.